The number of ether oxygens (including phenoxy) is 6. The average Bonchev–Trinajstić information content (AvgIpc) is 3.93. The van der Waals surface area contributed by atoms with Crippen molar-refractivity contribution in [2.45, 2.75) is 156 Å². The Morgan fingerprint density at radius 3 is 2.20 bits per heavy atom. The number of aliphatic hydroxyl groups is 1. The molecule has 20 nitrogen and oxygen atoms in total. The van der Waals surface area contributed by atoms with Crippen LogP contribution in [-0.4, -0.2) is 165 Å². The van der Waals surface area contributed by atoms with Crippen LogP contribution in [0, 0.1) is 29.6 Å². The minimum atomic E-state index is -0.954. The van der Waals surface area contributed by atoms with Crippen LogP contribution in [0.2, 0.25) is 0 Å². The van der Waals surface area contributed by atoms with Crippen molar-refractivity contribution in [2.75, 3.05) is 72.0 Å². The van der Waals surface area contributed by atoms with Crippen molar-refractivity contribution in [1.82, 2.24) is 20.0 Å². The Morgan fingerprint density at radius 2 is 1.57 bits per heavy atom. The van der Waals surface area contributed by atoms with Crippen molar-refractivity contribution in [3.63, 3.8) is 0 Å². The fourth-order valence-electron chi connectivity index (χ4n) is 10.5. The van der Waals surface area contributed by atoms with Crippen molar-refractivity contribution < 1.29 is 67.1 Å². The lowest BCUT2D eigenvalue weighted by Gasteiger charge is -2.41. The summed E-state index contributed by atoms with van der Waals surface area (Å²) in [5, 5.41) is 19.7. The zero-order chi connectivity index (χ0) is 58.5. The fourth-order valence-corrected chi connectivity index (χ4v) is 10.5. The van der Waals surface area contributed by atoms with Gasteiger partial charge in [0.15, 0.2) is 11.6 Å². The zero-order valence-electron chi connectivity index (χ0n) is 48.9. The minimum Gasteiger partial charge on any atom is -0.445 e. The van der Waals surface area contributed by atoms with Crippen LogP contribution in [0.3, 0.4) is 0 Å². The van der Waals surface area contributed by atoms with Crippen molar-refractivity contribution >= 4 is 52.8 Å². The van der Waals surface area contributed by atoms with Gasteiger partial charge in [-0.05, 0) is 66.9 Å². The summed E-state index contributed by atoms with van der Waals surface area (Å²) in [5.74, 6) is -3.43. The molecule has 2 aromatic rings. The van der Waals surface area contributed by atoms with Gasteiger partial charge < -0.3 is 58.9 Å². The van der Waals surface area contributed by atoms with E-state index in [-0.39, 0.29) is 86.4 Å². The number of aliphatic hydroxyl groups excluding tert-OH is 1. The van der Waals surface area contributed by atoms with Crippen LogP contribution < -0.4 is 16.0 Å². The second-order valence-corrected chi connectivity index (χ2v) is 21.6. The monoisotopic (exact) mass is 1110 g/mol. The number of rotatable bonds is 29. The molecule has 440 valence electrons. The number of methoxy groups -OCH3 is 2. The molecule has 0 aromatic heterocycles. The van der Waals surface area contributed by atoms with Gasteiger partial charge in [0, 0.05) is 53.6 Å². The molecule has 2 aromatic carbocycles. The highest BCUT2D eigenvalue weighted by molar-refractivity contribution is 5.93. The molecule has 2 aliphatic heterocycles. The third-order valence-electron chi connectivity index (χ3n) is 15.3. The van der Waals surface area contributed by atoms with E-state index in [1.165, 1.54) is 26.2 Å². The summed E-state index contributed by atoms with van der Waals surface area (Å²) in [7, 11) is 6.23. The maximum absolute atomic E-state index is 14.8. The van der Waals surface area contributed by atoms with Gasteiger partial charge in [-0.25, -0.2) is 9.59 Å². The van der Waals surface area contributed by atoms with Gasteiger partial charge in [-0.3, -0.25) is 29.3 Å². The summed E-state index contributed by atoms with van der Waals surface area (Å²) < 4.78 is 33.9. The summed E-state index contributed by atoms with van der Waals surface area (Å²) >= 11 is 0. The molecule has 1 saturated heterocycles. The number of ketones is 2. The van der Waals surface area contributed by atoms with Gasteiger partial charge >= 0.3 is 12.2 Å². The van der Waals surface area contributed by atoms with E-state index in [1.54, 1.807) is 80.1 Å². The summed E-state index contributed by atoms with van der Waals surface area (Å²) in [4.78, 5) is 101. The molecule has 2 aliphatic rings. The number of anilines is 2. The Bertz CT molecular complexity index is 2330. The summed E-state index contributed by atoms with van der Waals surface area (Å²) in [6, 6.07) is 11.5. The molecule has 20 heteroatoms. The fraction of sp³-hybridized carbons (Fsp3) is 0.644. The summed E-state index contributed by atoms with van der Waals surface area (Å²) in [5.41, 5.74) is 1.91. The Hall–Kier alpha value is -5.93. The normalized spacial score (nSPS) is 19.5. The van der Waals surface area contributed by atoms with Crippen molar-refractivity contribution in [1.29, 1.82) is 0 Å². The molecular formula is C59H90N6O14. The molecule has 79 heavy (non-hydrogen) atoms. The van der Waals surface area contributed by atoms with Gasteiger partial charge in [0.05, 0.1) is 86.0 Å². The lowest BCUT2D eigenvalue weighted by atomic mass is 9.83. The van der Waals surface area contributed by atoms with Gasteiger partial charge in [-0.1, -0.05) is 104 Å². The highest BCUT2D eigenvalue weighted by atomic mass is 16.7. The number of likely N-dealkylation sites (tertiary alicyclic amines) is 1. The highest BCUT2D eigenvalue weighted by Crippen LogP contribution is 2.32. The van der Waals surface area contributed by atoms with E-state index < -0.39 is 72.6 Å². The first-order valence-corrected chi connectivity index (χ1v) is 27.8. The number of hydrogen-bond donors (Lipinski definition) is 4. The minimum absolute atomic E-state index is 0.0213. The van der Waals surface area contributed by atoms with E-state index in [1.807, 2.05) is 59.7 Å². The average molecular weight is 1110 g/mol. The predicted octanol–water partition coefficient (Wildman–Crippen LogP) is 7.54. The van der Waals surface area contributed by atoms with E-state index >= 15 is 0 Å². The number of benzene rings is 2. The van der Waals surface area contributed by atoms with Crippen LogP contribution in [0.4, 0.5) is 21.0 Å². The second-order valence-electron chi connectivity index (χ2n) is 21.6. The number of carbonyl (C=O) groups is 7. The van der Waals surface area contributed by atoms with Crippen LogP contribution in [0.25, 0.3) is 0 Å². The molecule has 4 N–H and O–H groups in total. The number of amides is 5. The van der Waals surface area contributed by atoms with Gasteiger partial charge in [-0.2, -0.15) is 0 Å². The van der Waals surface area contributed by atoms with Crippen molar-refractivity contribution in [2.24, 2.45) is 29.6 Å². The topological polar surface area (TPSA) is 241 Å². The van der Waals surface area contributed by atoms with E-state index in [4.69, 9.17) is 28.4 Å². The Morgan fingerprint density at radius 1 is 0.861 bits per heavy atom. The Kier molecular flexibility index (Phi) is 26.9. The molecule has 0 saturated carbocycles. The molecular weight excluding hydrogens is 1020 g/mol. The van der Waals surface area contributed by atoms with Gasteiger partial charge in [-0.15, -0.1) is 0 Å². The molecule has 5 amide bonds. The first-order chi connectivity index (χ1) is 37.6. The third-order valence-corrected chi connectivity index (χ3v) is 15.3. The van der Waals surface area contributed by atoms with Crippen LogP contribution in [0.5, 0.6) is 0 Å². The molecule has 11 atom stereocenters. The third kappa shape index (κ3) is 18.8. The first-order valence-electron chi connectivity index (χ1n) is 27.8. The van der Waals surface area contributed by atoms with Gasteiger partial charge in [0.2, 0.25) is 17.7 Å². The maximum Gasteiger partial charge on any atom is 0.412 e. The van der Waals surface area contributed by atoms with Gasteiger partial charge in [0.25, 0.3) is 0 Å². The molecule has 0 aliphatic carbocycles. The van der Waals surface area contributed by atoms with Crippen LogP contribution in [0.1, 0.15) is 118 Å². The molecule has 2 unspecified atom stereocenters. The maximum atomic E-state index is 14.8. The quantitative estimate of drug-likeness (QED) is 0.0576. The van der Waals surface area contributed by atoms with E-state index in [0.717, 1.165) is 0 Å². The number of carbonyl (C=O) groups excluding carboxylic acids is 7. The second kappa shape index (κ2) is 32.4. The van der Waals surface area contributed by atoms with Crippen molar-refractivity contribution in [3.8, 4) is 0 Å². The molecule has 0 spiro atoms. The SMILES string of the molecule is CCC(=O)CNc1cc(COC(=O)N(C)[C@H](C(=O)CC(C(=O)N(C)[C@@H]([C@@H](C)CC)[C@@H](CC(=O)N2CCC[C@H]2[C@H](OC)[C@@H](C)C(=O)N[C@H](C)[C@@H](O)c2ccccc2)OC)C(C)C)C(C)C)ccc1NC(=O)OC1/C=C/COCOC1. The number of hydrogen-bond acceptors (Lipinski definition) is 15. The number of nitrogens with one attached hydrogen (secondary N) is 3. The number of Topliss-reactive ketones (excluding diaryl/α,β-unsaturated/α-hetero) is 2. The van der Waals surface area contributed by atoms with E-state index in [2.05, 4.69) is 16.0 Å². The summed E-state index contributed by atoms with van der Waals surface area (Å²) in [6.45, 7) is 17.3. The van der Waals surface area contributed by atoms with Crippen LogP contribution >= 0.6 is 0 Å². The molecule has 4 rings (SSSR count). The molecule has 0 bridgehead atoms. The first kappa shape index (κ1) is 65.6. The van der Waals surface area contributed by atoms with Crippen LogP contribution in [0.15, 0.2) is 60.7 Å². The predicted molar refractivity (Wildman–Crippen MR) is 300 cm³/mol. The number of nitrogens with zero attached hydrogens (tertiary/aromatic N) is 3. The lowest BCUT2D eigenvalue weighted by Crippen LogP contribution is -2.55. The molecule has 1 fully saturated rings. The molecule has 2 heterocycles. The Labute approximate surface area is 467 Å². The van der Waals surface area contributed by atoms with E-state index in [9.17, 15) is 38.7 Å². The summed E-state index contributed by atoms with van der Waals surface area (Å²) in [6.07, 6.45) is 0.969. The number of likely N-dealkylation sites (N-methyl/N-ethyl adjacent to an activating group) is 2. The zero-order valence-corrected chi connectivity index (χ0v) is 48.9. The van der Waals surface area contributed by atoms with Gasteiger partial charge in [0.1, 0.15) is 19.5 Å². The van der Waals surface area contributed by atoms with E-state index in [0.29, 0.717) is 61.3 Å². The lowest BCUT2D eigenvalue weighted by molar-refractivity contribution is -0.149. The molecule has 0 radical (unpaired) electrons. The largest absolute Gasteiger partial charge is 0.445 e. The van der Waals surface area contributed by atoms with Crippen molar-refractivity contribution in [3.05, 3.63) is 71.8 Å². The smallest absolute Gasteiger partial charge is 0.412 e. The highest BCUT2D eigenvalue weighted by Gasteiger charge is 2.44. The standard InChI is InChI=1S/C59H90N6O14/c1-14-38(7)53(50(74-12)31-51(68)65-27-19-24-48(65)55(75-13)39(8)56(70)61-40(9)54(69)42-21-17-16-18-22-42)63(10)57(71)45(36(3)4)30-49(67)52(37(5)6)64(11)59(73)78-33-41-25-26-46(47(29-41)60-32-43(66)15-2)62-58(72)79-44-23-20-28-76-35-77-34-44/h16-18,20-23,25-26,29,36-40,44-45,48,50,52-55,60,69H,14-15,19,24,27-28,30-35H2,1-13H3,(H,61,70)(H,62,72)/b23-20+/t38-,39+,40+,44?,45?,48-,50+,52-,53-,54+,55+/m0/s1. The van der Waals surface area contributed by atoms with Crippen LogP contribution in [-0.2, 0) is 59.0 Å². The Balaban J connectivity index is 1.44.